The van der Waals surface area contributed by atoms with Gasteiger partial charge in [0.25, 0.3) is 0 Å². The van der Waals surface area contributed by atoms with E-state index in [4.69, 9.17) is 4.74 Å². The average Bonchev–Trinajstić information content (AvgIpc) is 2.84. The van der Waals surface area contributed by atoms with Gasteiger partial charge in [0.2, 0.25) is 11.8 Å². The summed E-state index contributed by atoms with van der Waals surface area (Å²) in [6, 6.07) is 8.49. The molecule has 0 saturated carbocycles. The summed E-state index contributed by atoms with van der Waals surface area (Å²) in [7, 11) is 1.51. The molecular formula is C14H13N5O3. The molecule has 0 radical (unpaired) electrons. The Bertz CT molecular complexity index is 866. The number of carbonyl (C=O) groups excluding carboxylic acids is 1. The number of amides is 1. The smallest absolute Gasteiger partial charge is 0.350 e. The lowest BCUT2D eigenvalue weighted by Gasteiger charge is -2.05. The molecule has 8 heteroatoms. The molecule has 0 fully saturated rings. The summed E-state index contributed by atoms with van der Waals surface area (Å²) >= 11 is 0. The van der Waals surface area contributed by atoms with Crippen LogP contribution in [-0.4, -0.2) is 32.2 Å². The number of nitrogens with zero attached hydrogens (tertiary/aromatic N) is 4. The maximum absolute atomic E-state index is 12.1. The fourth-order valence-electron chi connectivity index (χ4n) is 1.98. The van der Waals surface area contributed by atoms with Crippen molar-refractivity contribution in [1.29, 1.82) is 0 Å². The van der Waals surface area contributed by atoms with Gasteiger partial charge in [0.1, 0.15) is 6.54 Å². The van der Waals surface area contributed by atoms with Crippen molar-refractivity contribution in [3.8, 4) is 5.88 Å². The molecule has 0 aliphatic heterocycles. The second-order valence-electron chi connectivity index (χ2n) is 4.51. The Morgan fingerprint density at radius 3 is 2.86 bits per heavy atom. The highest BCUT2D eigenvalue weighted by atomic mass is 16.5. The van der Waals surface area contributed by atoms with E-state index in [0.717, 1.165) is 4.68 Å². The van der Waals surface area contributed by atoms with Gasteiger partial charge in [0.15, 0.2) is 5.65 Å². The van der Waals surface area contributed by atoms with Crippen molar-refractivity contribution in [2.45, 2.75) is 6.54 Å². The van der Waals surface area contributed by atoms with Gasteiger partial charge in [-0.15, -0.1) is 5.10 Å². The number of anilines is 1. The average molecular weight is 299 g/mol. The summed E-state index contributed by atoms with van der Waals surface area (Å²) in [5.74, 6) is 0.0899. The molecule has 0 unspecified atom stereocenters. The predicted octanol–water partition coefficient (Wildman–Crippen LogP) is 0.538. The van der Waals surface area contributed by atoms with E-state index in [1.165, 1.54) is 17.7 Å². The number of pyridine rings is 2. The number of rotatable bonds is 4. The lowest BCUT2D eigenvalue weighted by atomic mass is 10.4. The maximum Gasteiger partial charge on any atom is 0.350 e. The van der Waals surface area contributed by atoms with E-state index in [-0.39, 0.29) is 18.1 Å². The second kappa shape index (κ2) is 5.68. The molecule has 22 heavy (non-hydrogen) atoms. The number of hydrogen-bond acceptors (Lipinski definition) is 5. The van der Waals surface area contributed by atoms with Crippen LogP contribution in [0.25, 0.3) is 5.65 Å². The summed E-state index contributed by atoms with van der Waals surface area (Å²) in [6.45, 7) is -0.174. The van der Waals surface area contributed by atoms with Gasteiger partial charge in [-0.1, -0.05) is 6.07 Å². The fraction of sp³-hybridized carbons (Fsp3) is 0.143. The van der Waals surface area contributed by atoms with E-state index < -0.39 is 0 Å². The third-order valence-corrected chi connectivity index (χ3v) is 3.01. The van der Waals surface area contributed by atoms with Crippen LogP contribution in [0.15, 0.2) is 47.5 Å². The number of aromatic nitrogens is 4. The summed E-state index contributed by atoms with van der Waals surface area (Å²) in [5.41, 5.74) is 0.646. The number of nitrogens with one attached hydrogen (secondary N) is 1. The highest BCUT2D eigenvalue weighted by Gasteiger charge is 2.10. The molecule has 1 amide bonds. The summed E-state index contributed by atoms with van der Waals surface area (Å²) in [5, 5.41) is 6.74. The topological polar surface area (TPSA) is 90.5 Å². The molecule has 0 aromatic carbocycles. The minimum Gasteiger partial charge on any atom is -0.481 e. The first-order valence-corrected chi connectivity index (χ1v) is 6.51. The van der Waals surface area contributed by atoms with Crippen molar-refractivity contribution >= 4 is 17.2 Å². The normalized spacial score (nSPS) is 10.6. The molecule has 3 rings (SSSR count). The zero-order valence-corrected chi connectivity index (χ0v) is 11.8. The molecule has 0 bridgehead atoms. The molecule has 0 aliphatic rings. The van der Waals surface area contributed by atoms with Crippen LogP contribution >= 0.6 is 0 Å². The summed E-state index contributed by atoms with van der Waals surface area (Å²) < 4.78 is 7.43. The highest BCUT2D eigenvalue weighted by Crippen LogP contribution is 2.10. The van der Waals surface area contributed by atoms with Gasteiger partial charge in [0, 0.05) is 12.3 Å². The Kier molecular flexibility index (Phi) is 3.57. The second-order valence-corrected chi connectivity index (χ2v) is 4.51. The highest BCUT2D eigenvalue weighted by molar-refractivity contribution is 5.90. The molecule has 0 spiro atoms. The van der Waals surface area contributed by atoms with Crippen molar-refractivity contribution in [3.63, 3.8) is 0 Å². The van der Waals surface area contributed by atoms with Crippen LogP contribution < -0.4 is 15.7 Å². The number of ether oxygens (including phenoxy) is 1. The first-order chi connectivity index (χ1) is 10.7. The first-order valence-electron chi connectivity index (χ1n) is 6.51. The Morgan fingerprint density at radius 1 is 1.32 bits per heavy atom. The molecule has 3 heterocycles. The molecule has 112 valence electrons. The lowest BCUT2D eigenvalue weighted by Crippen LogP contribution is -2.28. The molecular weight excluding hydrogens is 286 g/mol. The minimum atomic E-state index is -0.363. The van der Waals surface area contributed by atoms with Crippen LogP contribution in [0.1, 0.15) is 0 Å². The van der Waals surface area contributed by atoms with E-state index in [1.807, 2.05) is 0 Å². The SMILES string of the molecule is COc1ccc(NC(=O)Cn2nc3ccccn3c2=O)cn1. The number of fused-ring (bicyclic) bond motifs is 1. The zero-order valence-electron chi connectivity index (χ0n) is 11.8. The van der Waals surface area contributed by atoms with Gasteiger partial charge in [-0.2, -0.15) is 0 Å². The Morgan fingerprint density at radius 2 is 2.18 bits per heavy atom. The molecule has 1 N–H and O–H groups in total. The van der Waals surface area contributed by atoms with Gasteiger partial charge in [-0.3, -0.25) is 9.20 Å². The first kappa shape index (κ1) is 13.8. The number of carbonyl (C=O) groups is 1. The monoisotopic (exact) mass is 299 g/mol. The van der Waals surface area contributed by atoms with Crippen molar-refractivity contribution in [1.82, 2.24) is 19.2 Å². The largest absolute Gasteiger partial charge is 0.481 e. The standard InChI is InChI=1S/C14H13N5O3/c1-22-13-6-5-10(8-15-13)16-12(20)9-19-14(21)18-7-3-2-4-11(18)17-19/h2-8H,9H2,1H3,(H,16,20). The predicted molar refractivity (Wildman–Crippen MR) is 78.9 cm³/mol. The van der Waals surface area contributed by atoms with E-state index in [0.29, 0.717) is 17.2 Å². The summed E-state index contributed by atoms with van der Waals surface area (Å²) in [6.07, 6.45) is 3.08. The molecule has 0 aliphatic carbocycles. The van der Waals surface area contributed by atoms with Crippen molar-refractivity contribution < 1.29 is 9.53 Å². The van der Waals surface area contributed by atoms with Crippen molar-refractivity contribution in [2.75, 3.05) is 12.4 Å². The Hall–Kier alpha value is -3.16. The fourth-order valence-corrected chi connectivity index (χ4v) is 1.98. The van der Waals surface area contributed by atoms with E-state index >= 15 is 0 Å². The van der Waals surface area contributed by atoms with Crippen LogP contribution in [0, 0.1) is 0 Å². The van der Waals surface area contributed by atoms with Crippen LogP contribution in [-0.2, 0) is 11.3 Å². The third-order valence-electron chi connectivity index (χ3n) is 3.01. The van der Waals surface area contributed by atoms with Gasteiger partial charge < -0.3 is 10.1 Å². The van der Waals surface area contributed by atoms with Crippen LogP contribution in [0.3, 0.4) is 0 Å². The Labute approximate surface area is 125 Å². The van der Waals surface area contributed by atoms with Gasteiger partial charge in [0.05, 0.1) is 19.0 Å². The molecule has 0 saturated heterocycles. The molecule has 8 nitrogen and oxygen atoms in total. The number of methoxy groups -OCH3 is 1. The maximum atomic E-state index is 12.1. The zero-order chi connectivity index (χ0) is 15.5. The van der Waals surface area contributed by atoms with Gasteiger partial charge in [-0.25, -0.2) is 14.5 Å². The lowest BCUT2D eigenvalue weighted by molar-refractivity contribution is -0.117. The quantitative estimate of drug-likeness (QED) is 0.759. The van der Waals surface area contributed by atoms with Crippen molar-refractivity contribution in [2.24, 2.45) is 0 Å². The van der Waals surface area contributed by atoms with E-state index in [1.54, 1.807) is 36.5 Å². The minimum absolute atomic E-state index is 0.174. The third kappa shape index (κ3) is 2.66. The van der Waals surface area contributed by atoms with Crippen LogP contribution in [0.5, 0.6) is 5.88 Å². The van der Waals surface area contributed by atoms with E-state index in [9.17, 15) is 9.59 Å². The van der Waals surface area contributed by atoms with Crippen LogP contribution in [0.4, 0.5) is 5.69 Å². The summed E-state index contributed by atoms with van der Waals surface area (Å²) in [4.78, 5) is 28.0. The van der Waals surface area contributed by atoms with Crippen molar-refractivity contribution in [3.05, 3.63) is 53.2 Å². The Balaban J connectivity index is 1.75. The molecule has 0 atom stereocenters. The van der Waals surface area contributed by atoms with Gasteiger partial charge >= 0.3 is 5.69 Å². The van der Waals surface area contributed by atoms with Gasteiger partial charge in [-0.05, 0) is 18.2 Å². The van der Waals surface area contributed by atoms with Crippen LogP contribution in [0.2, 0.25) is 0 Å². The molecule has 3 aromatic heterocycles. The van der Waals surface area contributed by atoms with E-state index in [2.05, 4.69) is 15.4 Å². The number of hydrogen-bond donors (Lipinski definition) is 1. The molecule has 3 aromatic rings.